The van der Waals surface area contributed by atoms with Gasteiger partial charge >= 0.3 is 0 Å². The summed E-state index contributed by atoms with van der Waals surface area (Å²) in [6.45, 7) is 10.4. The van der Waals surface area contributed by atoms with E-state index in [1.165, 1.54) is 58.2 Å². The van der Waals surface area contributed by atoms with Crippen LogP contribution in [0.4, 0.5) is 0 Å². The van der Waals surface area contributed by atoms with E-state index in [-0.39, 0.29) is 0 Å². The smallest absolute Gasteiger partial charge is 0.190 e. The Labute approximate surface area is 125 Å². The molecule has 1 fully saturated rings. The number of rotatable bonds is 8. The molecule has 0 spiro atoms. The third kappa shape index (κ3) is 7.73. The van der Waals surface area contributed by atoms with Crippen LogP contribution in [0.2, 0.25) is 0 Å². The van der Waals surface area contributed by atoms with Crippen LogP contribution in [-0.2, 0) is 0 Å². The van der Waals surface area contributed by atoms with Crippen LogP contribution in [0.5, 0.6) is 0 Å². The van der Waals surface area contributed by atoms with Crippen molar-refractivity contribution in [1.29, 1.82) is 0 Å². The number of hydrogen-bond acceptors (Lipinski definition) is 2. The minimum atomic E-state index is 0.926. The van der Waals surface area contributed by atoms with Crippen molar-refractivity contribution in [3.8, 4) is 0 Å². The Morgan fingerprint density at radius 1 is 1.10 bits per heavy atom. The fraction of sp³-hybridized carbons (Fsp3) is 0.938. The molecule has 0 aromatic carbocycles. The van der Waals surface area contributed by atoms with Crippen LogP contribution in [0.1, 0.15) is 52.4 Å². The van der Waals surface area contributed by atoms with E-state index in [0.29, 0.717) is 0 Å². The minimum absolute atomic E-state index is 0.926. The molecule has 1 saturated heterocycles. The molecule has 0 bridgehead atoms. The number of guanidine groups is 1. The normalized spacial score (nSPS) is 18.2. The SMILES string of the molecule is CCCCCNC(=NC)NCCCN1CCC(C)CC1. The lowest BCUT2D eigenvalue weighted by atomic mass is 9.99. The van der Waals surface area contributed by atoms with E-state index in [1.807, 2.05) is 7.05 Å². The first-order valence-electron chi connectivity index (χ1n) is 8.43. The Balaban J connectivity index is 2.01. The third-order valence-electron chi connectivity index (χ3n) is 4.12. The summed E-state index contributed by atoms with van der Waals surface area (Å²) in [6.07, 6.45) is 7.72. The number of nitrogens with one attached hydrogen (secondary N) is 2. The fourth-order valence-electron chi connectivity index (χ4n) is 2.60. The molecule has 1 rings (SSSR count). The molecule has 0 aliphatic carbocycles. The Hall–Kier alpha value is -0.770. The summed E-state index contributed by atoms with van der Waals surface area (Å²) in [6, 6.07) is 0. The molecule has 20 heavy (non-hydrogen) atoms. The molecule has 1 heterocycles. The van der Waals surface area contributed by atoms with Crippen molar-refractivity contribution in [2.24, 2.45) is 10.9 Å². The van der Waals surface area contributed by atoms with Crippen molar-refractivity contribution < 1.29 is 0 Å². The molecule has 0 radical (unpaired) electrons. The number of likely N-dealkylation sites (tertiary alicyclic amines) is 1. The first kappa shape index (κ1) is 17.3. The second-order valence-corrected chi connectivity index (χ2v) is 6.01. The monoisotopic (exact) mass is 282 g/mol. The summed E-state index contributed by atoms with van der Waals surface area (Å²) in [4.78, 5) is 6.86. The van der Waals surface area contributed by atoms with Gasteiger partial charge in [0.25, 0.3) is 0 Å². The van der Waals surface area contributed by atoms with E-state index in [4.69, 9.17) is 0 Å². The summed E-state index contributed by atoms with van der Waals surface area (Å²) in [5, 5.41) is 6.78. The van der Waals surface area contributed by atoms with Crippen molar-refractivity contribution in [2.75, 3.05) is 39.8 Å². The maximum atomic E-state index is 4.26. The number of nitrogens with zero attached hydrogens (tertiary/aromatic N) is 2. The van der Waals surface area contributed by atoms with Gasteiger partial charge in [-0.25, -0.2) is 0 Å². The van der Waals surface area contributed by atoms with E-state index in [9.17, 15) is 0 Å². The van der Waals surface area contributed by atoms with E-state index in [0.717, 1.165) is 25.0 Å². The summed E-state index contributed by atoms with van der Waals surface area (Å²) in [7, 11) is 1.85. The summed E-state index contributed by atoms with van der Waals surface area (Å²) < 4.78 is 0. The maximum Gasteiger partial charge on any atom is 0.190 e. The number of piperidine rings is 1. The minimum Gasteiger partial charge on any atom is -0.356 e. The lowest BCUT2D eigenvalue weighted by Crippen LogP contribution is -2.40. The van der Waals surface area contributed by atoms with Crippen molar-refractivity contribution in [3.63, 3.8) is 0 Å². The molecule has 2 N–H and O–H groups in total. The summed E-state index contributed by atoms with van der Waals surface area (Å²) in [5.74, 6) is 1.88. The highest BCUT2D eigenvalue weighted by molar-refractivity contribution is 5.79. The second-order valence-electron chi connectivity index (χ2n) is 6.01. The molecule has 0 atom stereocenters. The van der Waals surface area contributed by atoms with Gasteiger partial charge in [0.2, 0.25) is 0 Å². The van der Waals surface area contributed by atoms with Gasteiger partial charge in [0.15, 0.2) is 5.96 Å². The van der Waals surface area contributed by atoms with E-state index < -0.39 is 0 Å². The quantitative estimate of drug-likeness (QED) is 0.408. The Morgan fingerprint density at radius 3 is 2.35 bits per heavy atom. The molecule has 0 amide bonds. The third-order valence-corrected chi connectivity index (χ3v) is 4.12. The summed E-state index contributed by atoms with van der Waals surface area (Å²) in [5.41, 5.74) is 0. The molecule has 0 aromatic heterocycles. The van der Waals surface area contributed by atoms with Gasteiger partial charge in [0.05, 0.1) is 0 Å². The van der Waals surface area contributed by atoms with Crippen molar-refractivity contribution >= 4 is 5.96 Å². The standard InChI is InChI=1S/C16H34N4/c1-4-5-6-10-18-16(17-3)19-11-7-12-20-13-8-15(2)9-14-20/h15H,4-14H2,1-3H3,(H2,17,18,19). The zero-order valence-electron chi connectivity index (χ0n) is 13.7. The lowest BCUT2D eigenvalue weighted by Gasteiger charge is -2.30. The van der Waals surface area contributed by atoms with Crippen molar-refractivity contribution in [3.05, 3.63) is 0 Å². The zero-order chi connectivity index (χ0) is 14.6. The van der Waals surface area contributed by atoms with Gasteiger partial charge in [-0.15, -0.1) is 0 Å². The molecule has 1 aliphatic heterocycles. The van der Waals surface area contributed by atoms with Gasteiger partial charge < -0.3 is 15.5 Å². The Kier molecular flexibility index (Phi) is 9.46. The maximum absolute atomic E-state index is 4.26. The summed E-state index contributed by atoms with van der Waals surface area (Å²) >= 11 is 0. The molecule has 0 unspecified atom stereocenters. The second kappa shape index (κ2) is 11.0. The van der Waals surface area contributed by atoms with Crippen LogP contribution in [-0.4, -0.2) is 50.6 Å². The predicted molar refractivity (Wildman–Crippen MR) is 88.3 cm³/mol. The molecule has 0 aromatic rings. The molecular formula is C16H34N4. The lowest BCUT2D eigenvalue weighted by molar-refractivity contribution is 0.191. The van der Waals surface area contributed by atoms with Gasteiger partial charge in [0, 0.05) is 20.1 Å². The van der Waals surface area contributed by atoms with Gasteiger partial charge in [-0.2, -0.15) is 0 Å². The van der Waals surface area contributed by atoms with Crippen molar-refractivity contribution in [1.82, 2.24) is 15.5 Å². The molecular weight excluding hydrogens is 248 g/mol. The van der Waals surface area contributed by atoms with Crippen LogP contribution in [0.3, 0.4) is 0 Å². The average Bonchev–Trinajstić information content (AvgIpc) is 2.47. The molecule has 0 saturated carbocycles. The fourth-order valence-corrected chi connectivity index (χ4v) is 2.60. The van der Waals surface area contributed by atoms with Crippen LogP contribution in [0.15, 0.2) is 4.99 Å². The highest BCUT2D eigenvalue weighted by Gasteiger charge is 2.14. The molecule has 118 valence electrons. The number of unbranched alkanes of at least 4 members (excludes halogenated alkanes) is 2. The van der Waals surface area contributed by atoms with Crippen molar-refractivity contribution in [2.45, 2.75) is 52.4 Å². The van der Waals surface area contributed by atoms with Gasteiger partial charge in [-0.1, -0.05) is 26.7 Å². The van der Waals surface area contributed by atoms with E-state index in [2.05, 4.69) is 34.4 Å². The number of aliphatic imine (C=N–C) groups is 1. The van der Waals surface area contributed by atoms with Crippen LogP contribution in [0, 0.1) is 5.92 Å². The molecule has 4 heteroatoms. The first-order valence-corrected chi connectivity index (χ1v) is 8.43. The van der Waals surface area contributed by atoms with Crippen LogP contribution < -0.4 is 10.6 Å². The largest absolute Gasteiger partial charge is 0.356 e. The Morgan fingerprint density at radius 2 is 1.75 bits per heavy atom. The van der Waals surface area contributed by atoms with E-state index in [1.54, 1.807) is 0 Å². The highest BCUT2D eigenvalue weighted by Crippen LogP contribution is 2.15. The Bertz CT molecular complexity index is 257. The average molecular weight is 282 g/mol. The van der Waals surface area contributed by atoms with Crippen LogP contribution >= 0.6 is 0 Å². The molecule has 4 nitrogen and oxygen atoms in total. The van der Waals surface area contributed by atoms with Gasteiger partial charge in [-0.3, -0.25) is 4.99 Å². The highest BCUT2D eigenvalue weighted by atomic mass is 15.2. The predicted octanol–water partition coefficient (Wildman–Crippen LogP) is 2.46. The van der Waals surface area contributed by atoms with Crippen LogP contribution in [0.25, 0.3) is 0 Å². The topological polar surface area (TPSA) is 39.7 Å². The van der Waals surface area contributed by atoms with E-state index >= 15 is 0 Å². The number of hydrogen-bond donors (Lipinski definition) is 2. The zero-order valence-corrected chi connectivity index (χ0v) is 13.7. The van der Waals surface area contributed by atoms with Gasteiger partial charge in [0.1, 0.15) is 0 Å². The molecule has 1 aliphatic rings. The first-order chi connectivity index (χ1) is 9.76. The van der Waals surface area contributed by atoms with Gasteiger partial charge in [-0.05, 0) is 51.2 Å².